The molecule has 1 aromatic carbocycles. The van der Waals surface area contributed by atoms with Crippen molar-refractivity contribution in [3.8, 4) is 12.3 Å². The summed E-state index contributed by atoms with van der Waals surface area (Å²) in [4.78, 5) is 16.1. The molecular weight excluding hydrogens is 288 g/mol. The van der Waals surface area contributed by atoms with E-state index in [2.05, 4.69) is 40.7 Å². The molecule has 23 heavy (non-hydrogen) atoms. The number of guanidine groups is 1. The molecule has 0 saturated carbocycles. The van der Waals surface area contributed by atoms with Gasteiger partial charge in [-0.05, 0) is 24.1 Å². The highest BCUT2D eigenvalue weighted by Crippen LogP contribution is 2.09. The Kier molecular flexibility index (Phi) is 8.30. The molecular formula is C18H26N4O. The van der Waals surface area contributed by atoms with E-state index in [1.54, 1.807) is 19.2 Å². The zero-order chi connectivity index (χ0) is 17.1. The number of carbonyl (C=O) groups excluding carboxylic acids is 1. The summed E-state index contributed by atoms with van der Waals surface area (Å²) in [7, 11) is 1.69. The van der Waals surface area contributed by atoms with Crippen molar-refractivity contribution in [1.82, 2.24) is 10.6 Å². The van der Waals surface area contributed by atoms with Gasteiger partial charge in [0.15, 0.2) is 5.96 Å². The van der Waals surface area contributed by atoms with Crippen molar-refractivity contribution in [2.24, 2.45) is 10.9 Å². The standard InChI is InChI=1S/C18H26N4O/c1-5-14(6-2)12-20-18(19-4)21-13-17(23)22-16-10-8-9-15(7-3)11-16/h3,8-11,14H,5-6,12-13H2,1-2,4H3,(H,22,23)(H2,19,20,21). The van der Waals surface area contributed by atoms with Crippen LogP contribution in [-0.4, -0.2) is 32.0 Å². The number of hydrogen-bond acceptors (Lipinski definition) is 2. The highest BCUT2D eigenvalue weighted by molar-refractivity contribution is 5.95. The average Bonchev–Trinajstić information content (AvgIpc) is 2.58. The molecule has 1 amide bonds. The van der Waals surface area contributed by atoms with Crippen LogP contribution in [0.25, 0.3) is 0 Å². The molecule has 5 heteroatoms. The van der Waals surface area contributed by atoms with Gasteiger partial charge in [0, 0.05) is 24.8 Å². The summed E-state index contributed by atoms with van der Waals surface area (Å²) in [6.45, 7) is 5.33. The molecule has 3 N–H and O–H groups in total. The summed E-state index contributed by atoms with van der Waals surface area (Å²) in [5, 5.41) is 9.05. The van der Waals surface area contributed by atoms with Gasteiger partial charge in [-0.25, -0.2) is 0 Å². The third kappa shape index (κ3) is 6.88. The van der Waals surface area contributed by atoms with Gasteiger partial charge < -0.3 is 16.0 Å². The van der Waals surface area contributed by atoms with Crippen molar-refractivity contribution in [2.75, 3.05) is 25.5 Å². The van der Waals surface area contributed by atoms with Gasteiger partial charge in [-0.15, -0.1) is 6.42 Å². The van der Waals surface area contributed by atoms with Crippen molar-refractivity contribution in [1.29, 1.82) is 0 Å². The minimum absolute atomic E-state index is 0.142. The van der Waals surface area contributed by atoms with Gasteiger partial charge in [-0.2, -0.15) is 0 Å². The van der Waals surface area contributed by atoms with Gasteiger partial charge in [0.1, 0.15) is 0 Å². The molecule has 5 nitrogen and oxygen atoms in total. The lowest BCUT2D eigenvalue weighted by molar-refractivity contribution is -0.115. The normalized spacial score (nSPS) is 11.0. The Morgan fingerprint density at radius 3 is 2.65 bits per heavy atom. The molecule has 0 aliphatic carbocycles. The van der Waals surface area contributed by atoms with E-state index < -0.39 is 0 Å². The first-order chi connectivity index (χ1) is 11.1. The molecule has 0 aromatic heterocycles. The van der Waals surface area contributed by atoms with E-state index in [4.69, 9.17) is 6.42 Å². The van der Waals surface area contributed by atoms with Crippen LogP contribution in [0.4, 0.5) is 5.69 Å². The third-order valence-electron chi connectivity index (χ3n) is 3.67. The molecule has 0 bridgehead atoms. The maximum Gasteiger partial charge on any atom is 0.243 e. The Morgan fingerprint density at radius 1 is 1.30 bits per heavy atom. The average molecular weight is 314 g/mol. The minimum Gasteiger partial charge on any atom is -0.356 e. The number of nitrogens with zero attached hydrogens (tertiary/aromatic N) is 1. The molecule has 0 fully saturated rings. The van der Waals surface area contributed by atoms with Crippen LogP contribution in [-0.2, 0) is 4.79 Å². The monoisotopic (exact) mass is 314 g/mol. The van der Waals surface area contributed by atoms with Crippen molar-refractivity contribution >= 4 is 17.6 Å². The van der Waals surface area contributed by atoms with Gasteiger partial charge in [-0.1, -0.05) is 38.7 Å². The summed E-state index contributed by atoms with van der Waals surface area (Å²) >= 11 is 0. The van der Waals surface area contributed by atoms with Gasteiger partial charge in [0.25, 0.3) is 0 Å². The fourth-order valence-corrected chi connectivity index (χ4v) is 2.09. The summed E-state index contributed by atoms with van der Waals surface area (Å²) in [5.41, 5.74) is 1.42. The lowest BCUT2D eigenvalue weighted by Crippen LogP contribution is -2.43. The Bertz CT molecular complexity index is 571. The zero-order valence-electron chi connectivity index (χ0n) is 14.1. The molecule has 0 aliphatic rings. The Morgan fingerprint density at radius 2 is 2.04 bits per heavy atom. The second kappa shape index (κ2) is 10.3. The van der Waals surface area contributed by atoms with Crippen LogP contribution >= 0.6 is 0 Å². The van der Waals surface area contributed by atoms with E-state index in [0.717, 1.165) is 24.9 Å². The van der Waals surface area contributed by atoms with E-state index in [1.807, 2.05) is 12.1 Å². The molecule has 0 heterocycles. The molecule has 0 unspecified atom stereocenters. The number of nitrogens with one attached hydrogen (secondary N) is 3. The first kappa shape index (κ1) is 18.6. The molecule has 0 aliphatic heterocycles. The van der Waals surface area contributed by atoms with Crippen LogP contribution in [0, 0.1) is 18.3 Å². The zero-order valence-corrected chi connectivity index (χ0v) is 14.1. The van der Waals surface area contributed by atoms with Crippen LogP contribution in [0.5, 0.6) is 0 Å². The summed E-state index contributed by atoms with van der Waals surface area (Å²) in [6, 6.07) is 7.20. The molecule has 1 rings (SSSR count). The third-order valence-corrected chi connectivity index (χ3v) is 3.67. The first-order valence-corrected chi connectivity index (χ1v) is 7.93. The molecule has 124 valence electrons. The highest BCUT2D eigenvalue weighted by Gasteiger charge is 2.07. The quantitative estimate of drug-likeness (QED) is 0.411. The number of hydrogen-bond donors (Lipinski definition) is 3. The van der Waals surface area contributed by atoms with E-state index in [-0.39, 0.29) is 12.5 Å². The molecule has 1 aromatic rings. The second-order valence-electron chi connectivity index (χ2n) is 5.26. The van der Waals surface area contributed by atoms with Crippen molar-refractivity contribution in [3.63, 3.8) is 0 Å². The van der Waals surface area contributed by atoms with Crippen LogP contribution in [0.15, 0.2) is 29.3 Å². The van der Waals surface area contributed by atoms with E-state index >= 15 is 0 Å². The molecule has 0 saturated heterocycles. The predicted molar refractivity (Wildman–Crippen MR) is 96.4 cm³/mol. The number of amides is 1. The van der Waals surface area contributed by atoms with Crippen molar-refractivity contribution in [3.05, 3.63) is 29.8 Å². The van der Waals surface area contributed by atoms with Crippen molar-refractivity contribution < 1.29 is 4.79 Å². The lowest BCUT2D eigenvalue weighted by atomic mass is 10.0. The maximum absolute atomic E-state index is 12.0. The van der Waals surface area contributed by atoms with Gasteiger partial charge in [0.2, 0.25) is 5.91 Å². The number of aliphatic imine (C=N–C) groups is 1. The number of anilines is 1. The lowest BCUT2D eigenvalue weighted by Gasteiger charge is -2.16. The van der Waals surface area contributed by atoms with Gasteiger partial charge in [-0.3, -0.25) is 9.79 Å². The van der Waals surface area contributed by atoms with Gasteiger partial charge in [0.05, 0.1) is 6.54 Å². The Balaban J connectivity index is 2.43. The fourth-order valence-electron chi connectivity index (χ4n) is 2.09. The number of benzene rings is 1. The topological polar surface area (TPSA) is 65.5 Å². The van der Waals surface area contributed by atoms with E-state index in [0.29, 0.717) is 17.6 Å². The Labute approximate surface area is 139 Å². The second-order valence-corrected chi connectivity index (χ2v) is 5.26. The minimum atomic E-state index is -0.148. The van der Waals surface area contributed by atoms with E-state index in [1.165, 1.54) is 0 Å². The number of carbonyl (C=O) groups is 1. The highest BCUT2D eigenvalue weighted by atomic mass is 16.1. The SMILES string of the molecule is C#Cc1cccc(NC(=O)CNC(=NC)NCC(CC)CC)c1. The summed E-state index contributed by atoms with van der Waals surface area (Å²) in [6.07, 6.45) is 7.58. The van der Waals surface area contributed by atoms with E-state index in [9.17, 15) is 4.79 Å². The Hall–Kier alpha value is -2.48. The largest absolute Gasteiger partial charge is 0.356 e. The molecule has 0 atom stereocenters. The van der Waals surface area contributed by atoms with Crippen LogP contribution < -0.4 is 16.0 Å². The number of terminal acetylenes is 1. The molecule has 0 radical (unpaired) electrons. The smallest absolute Gasteiger partial charge is 0.243 e. The number of rotatable bonds is 7. The maximum atomic E-state index is 12.0. The van der Waals surface area contributed by atoms with Crippen molar-refractivity contribution in [2.45, 2.75) is 26.7 Å². The summed E-state index contributed by atoms with van der Waals surface area (Å²) < 4.78 is 0. The van der Waals surface area contributed by atoms with Crippen LogP contribution in [0.2, 0.25) is 0 Å². The molecule has 0 spiro atoms. The predicted octanol–water partition coefficient (Wildman–Crippen LogP) is 2.21. The fraction of sp³-hybridized carbons (Fsp3) is 0.444. The van der Waals surface area contributed by atoms with Gasteiger partial charge >= 0.3 is 0 Å². The summed E-state index contributed by atoms with van der Waals surface area (Å²) in [5.74, 6) is 3.63. The van der Waals surface area contributed by atoms with Crippen LogP contribution in [0.1, 0.15) is 32.3 Å². The first-order valence-electron chi connectivity index (χ1n) is 7.93. The van der Waals surface area contributed by atoms with Crippen LogP contribution in [0.3, 0.4) is 0 Å².